The van der Waals surface area contributed by atoms with E-state index in [0.717, 1.165) is 29.9 Å². The minimum Gasteiger partial charge on any atom is -0.327 e. The van der Waals surface area contributed by atoms with Crippen molar-refractivity contribution >= 4 is 16.2 Å². The van der Waals surface area contributed by atoms with Crippen LogP contribution in [-0.4, -0.2) is 39.4 Å². The van der Waals surface area contributed by atoms with E-state index in [-0.39, 0.29) is 0 Å². The van der Waals surface area contributed by atoms with Crippen LogP contribution in [0.15, 0.2) is 5.38 Å². The number of aryl methyl sites for hydroxylation is 1. The SMILES string of the molecule is Cc1nnn2c(C3CCC(N)CN3C)csc12. The average molecular weight is 251 g/mol. The predicted octanol–water partition coefficient (Wildman–Crippen LogP) is 1.19. The lowest BCUT2D eigenvalue weighted by Crippen LogP contribution is -2.42. The Morgan fingerprint density at radius 3 is 3.06 bits per heavy atom. The summed E-state index contributed by atoms with van der Waals surface area (Å²) in [7, 11) is 2.14. The molecule has 1 saturated heterocycles. The maximum absolute atomic E-state index is 5.98. The highest BCUT2D eigenvalue weighted by atomic mass is 32.1. The molecular weight excluding hydrogens is 234 g/mol. The van der Waals surface area contributed by atoms with Crippen LogP contribution in [0.25, 0.3) is 4.83 Å². The molecule has 2 N–H and O–H groups in total. The van der Waals surface area contributed by atoms with Crippen LogP contribution in [0.3, 0.4) is 0 Å². The largest absolute Gasteiger partial charge is 0.327 e. The number of likely N-dealkylation sites (N-methyl/N-ethyl adjacent to an activating group) is 1. The van der Waals surface area contributed by atoms with E-state index < -0.39 is 0 Å². The number of thiazole rings is 1. The van der Waals surface area contributed by atoms with Crippen LogP contribution in [0, 0.1) is 6.92 Å². The Labute approximate surface area is 104 Å². The molecule has 0 amide bonds. The summed E-state index contributed by atoms with van der Waals surface area (Å²) in [4.78, 5) is 3.48. The zero-order chi connectivity index (χ0) is 12.0. The lowest BCUT2D eigenvalue weighted by molar-refractivity contribution is 0.165. The molecule has 2 aromatic heterocycles. The Hall–Kier alpha value is -0.980. The van der Waals surface area contributed by atoms with Gasteiger partial charge in [0.15, 0.2) is 0 Å². The first-order valence-electron chi connectivity index (χ1n) is 5.92. The van der Waals surface area contributed by atoms with E-state index in [1.54, 1.807) is 11.3 Å². The van der Waals surface area contributed by atoms with Gasteiger partial charge in [-0.1, -0.05) is 5.21 Å². The number of piperidine rings is 1. The third kappa shape index (κ3) is 1.76. The van der Waals surface area contributed by atoms with Gasteiger partial charge in [0.2, 0.25) is 0 Å². The third-order valence-electron chi connectivity index (χ3n) is 3.53. The average Bonchev–Trinajstić information content (AvgIpc) is 2.83. The molecule has 17 heavy (non-hydrogen) atoms. The smallest absolute Gasteiger partial charge is 0.142 e. The number of fused-ring (bicyclic) bond motifs is 1. The number of hydrogen-bond donors (Lipinski definition) is 1. The maximum Gasteiger partial charge on any atom is 0.142 e. The molecule has 0 aromatic carbocycles. The molecular formula is C11H17N5S. The fourth-order valence-electron chi connectivity index (χ4n) is 2.59. The number of hydrogen-bond acceptors (Lipinski definition) is 5. The molecule has 2 aromatic rings. The Balaban J connectivity index is 1.98. The van der Waals surface area contributed by atoms with Crippen molar-refractivity contribution in [2.24, 2.45) is 5.73 Å². The molecule has 0 aliphatic carbocycles. The quantitative estimate of drug-likeness (QED) is 0.827. The van der Waals surface area contributed by atoms with Gasteiger partial charge in [0, 0.05) is 18.0 Å². The van der Waals surface area contributed by atoms with Gasteiger partial charge in [-0.3, -0.25) is 4.90 Å². The molecule has 0 bridgehead atoms. The first-order chi connectivity index (χ1) is 8.16. The topological polar surface area (TPSA) is 59.5 Å². The van der Waals surface area contributed by atoms with Crippen LogP contribution in [0.2, 0.25) is 0 Å². The lowest BCUT2D eigenvalue weighted by Gasteiger charge is -2.35. The highest BCUT2D eigenvalue weighted by Crippen LogP contribution is 2.32. The molecule has 2 unspecified atom stereocenters. The fraction of sp³-hybridized carbons (Fsp3) is 0.636. The van der Waals surface area contributed by atoms with Gasteiger partial charge in [0.25, 0.3) is 0 Å². The summed E-state index contributed by atoms with van der Waals surface area (Å²) in [5.74, 6) is 0. The minimum atomic E-state index is 0.308. The minimum absolute atomic E-state index is 0.308. The Bertz CT molecular complexity index is 531. The van der Waals surface area contributed by atoms with Crippen molar-refractivity contribution in [2.45, 2.75) is 31.8 Å². The van der Waals surface area contributed by atoms with Crippen molar-refractivity contribution in [1.82, 2.24) is 19.7 Å². The zero-order valence-corrected chi connectivity index (χ0v) is 10.9. The summed E-state index contributed by atoms with van der Waals surface area (Å²) >= 11 is 1.72. The maximum atomic E-state index is 5.98. The van der Waals surface area contributed by atoms with Crippen molar-refractivity contribution in [1.29, 1.82) is 0 Å². The Morgan fingerprint density at radius 2 is 2.29 bits per heavy atom. The highest BCUT2D eigenvalue weighted by molar-refractivity contribution is 7.15. The van der Waals surface area contributed by atoms with Crippen molar-refractivity contribution in [2.75, 3.05) is 13.6 Å². The summed E-state index contributed by atoms with van der Waals surface area (Å²) in [6.07, 6.45) is 2.18. The van der Waals surface area contributed by atoms with Crippen LogP contribution in [-0.2, 0) is 0 Å². The van der Waals surface area contributed by atoms with Gasteiger partial charge in [-0.2, -0.15) is 0 Å². The Kier molecular flexibility index (Phi) is 2.65. The standard InChI is InChI=1S/C11H17N5S/c1-7-11-16(14-13-7)10(6-17-11)9-4-3-8(12)5-15(9)2/h6,8-9H,3-5,12H2,1-2H3. The third-order valence-corrected chi connectivity index (χ3v) is 4.58. The van der Waals surface area contributed by atoms with Crippen LogP contribution in [0.4, 0.5) is 0 Å². The fourth-order valence-corrected chi connectivity index (χ4v) is 3.54. The molecule has 1 aliphatic rings. The first-order valence-corrected chi connectivity index (χ1v) is 6.80. The molecule has 1 aliphatic heterocycles. The highest BCUT2D eigenvalue weighted by Gasteiger charge is 2.27. The van der Waals surface area contributed by atoms with E-state index in [4.69, 9.17) is 5.73 Å². The van der Waals surface area contributed by atoms with Crippen LogP contribution >= 0.6 is 11.3 Å². The van der Waals surface area contributed by atoms with Gasteiger partial charge in [0.1, 0.15) is 4.83 Å². The normalized spacial score (nSPS) is 26.8. The number of aromatic nitrogens is 3. The van der Waals surface area contributed by atoms with Gasteiger partial charge < -0.3 is 5.73 Å². The van der Waals surface area contributed by atoms with Crippen LogP contribution in [0.5, 0.6) is 0 Å². The summed E-state index contributed by atoms with van der Waals surface area (Å²) in [5, 5.41) is 10.6. The molecule has 1 fully saturated rings. The van der Waals surface area contributed by atoms with Gasteiger partial charge in [0.05, 0.1) is 17.4 Å². The molecule has 5 nitrogen and oxygen atoms in total. The van der Waals surface area contributed by atoms with Gasteiger partial charge in [-0.15, -0.1) is 16.4 Å². The lowest BCUT2D eigenvalue weighted by atomic mass is 9.98. The van der Waals surface area contributed by atoms with E-state index >= 15 is 0 Å². The van der Waals surface area contributed by atoms with Crippen molar-refractivity contribution in [3.63, 3.8) is 0 Å². The van der Waals surface area contributed by atoms with Crippen molar-refractivity contribution in [3.8, 4) is 0 Å². The number of nitrogens with two attached hydrogens (primary N) is 1. The second-order valence-electron chi connectivity index (χ2n) is 4.85. The van der Waals surface area contributed by atoms with Gasteiger partial charge in [-0.25, -0.2) is 4.52 Å². The molecule has 2 atom stereocenters. The molecule has 92 valence electrons. The monoisotopic (exact) mass is 251 g/mol. The molecule has 0 radical (unpaired) electrons. The van der Waals surface area contributed by atoms with E-state index in [1.807, 2.05) is 11.4 Å². The first kappa shape index (κ1) is 11.1. The van der Waals surface area contributed by atoms with E-state index in [2.05, 4.69) is 27.6 Å². The number of rotatable bonds is 1. The second kappa shape index (κ2) is 4.04. The van der Waals surface area contributed by atoms with E-state index in [9.17, 15) is 0 Å². The second-order valence-corrected chi connectivity index (χ2v) is 5.70. The number of likely N-dealkylation sites (tertiary alicyclic amines) is 1. The molecule has 0 spiro atoms. The zero-order valence-electron chi connectivity index (χ0n) is 10.1. The molecule has 3 rings (SSSR count). The van der Waals surface area contributed by atoms with Gasteiger partial charge >= 0.3 is 0 Å². The van der Waals surface area contributed by atoms with Crippen LogP contribution < -0.4 is 5.73 Å². The summed E-state index contributed by atoms with van der Waals surface area (Å²) < 4.78 is 1.98. The summed E-state index contributed by atoms with van der Waals surface area (Å²) in [6, 6.07) is 0.729. The molecule has 6 heteroatoms. The van der Waals surface area contributed by atoms with Crippen molar-refractivity contribution < 1.29 is 0 Å². The van der Waals surface area contributed by atoms with Crippen molar-refractivity contribution in [3.05, 3.63) is 16.8 Å². The van der Waals surface area contributed by atoms with E-state index in [1.165, 1.54) is 5.69 Å². The van der Waals surface area contributed by atoms with E-state index in [0.29, 0.717) is 12.1 Å². The van der Waals surface area contributed by atoms with Crippen LogP contribution in [0.1, 0.15) is 30.3 Å². The molecule has 0 saturated carbocycles. The predicted molar refractivity (Wildman–Crippen MR) is 68.2 cm³/mol. The summed E-state index contributed by atoms with van der Waals surface area (Å²) in [5.41, 5.74) is 8.24. The number of nitrogens with zero attached hydrogens (tertiary/aromatic N) is 4. The van der Waals surface area contributed by atoms with Gasteiger partial charge in [-0.05, 0) is 26.8 Å². The summed E-state index contributed by atoms with van der Waals surface area (Å²) in [6.45, 7) is 2.96. The Morgan fingerprint density at radius 1 is 1.47 bits per heavy atom. The molecule has 3 heterocycles.